The van der Waals surface area contributed by atoms with Crippen LogP contribution in [0.5, 0.6) is 0 Å². The van der Waals surface area contributed by atoms with E-state index >= 15 is 0 Å². The van der Waals surface area contributed by atoms with Crippen molar-refractivity contribution in [3.63, 3.8) is 0 Å². The van der Waals surface area contributed by atoms with Gasteiger partial charge in [0.05, 0.1) is 0 Å². The van der Waals surface area contributed by atoms with Gasteiger partial charge in [-0.15, -0.1) is 0 Å². The number of piperidine rings is 1. The summed E-state index contributed by atoms with van der Waals surface area (Å²) >= 11 is 0. The van der Waals surface area contributed by atoms with Crippen LogP contribution in [0.25, 0.3) is 0 Å². The largest absolute Gasteiger partial charge is 0.316 e. The molecular weight excluding hydrogens is 186 g/mol. The zero-order valence-electron chi connectivity index (χ0n) is 11.0. The van der Waals surface area contributed by atoms with E-state index < -0.39 is 0 Å². The highest BCUT2D eigenvalue weighted by Gasteiger charge is 2.26. The third kappa shape index (κ3) is 3.44. The summed E-state index contributed by atoms with van der Waals surface area (Å²) in [6.45, 7) is 7.06. The molecule has 0 bridgehead atoms. The van der Waals surface area contributed by atoms with Gasteiger partial charge in [-0.1, -0.05) is 0 Å². The van der Waals surface area contributed by atoms with Crippen LogP contribution < -0.4 is 5.32 Å². The van der Waals surface area contributed by atoms with E-state index in [1.165, 1.54) is 25.9 Å². The molecule has 3 heteroatoms. The molecule has 1 fully saturated rings. The van der Waals surface area contributed by atoms with Crippen molar-refractivity contribution >= 4 is 0 Å². The monoisotopic (exact) mass is 213 g/mol. The third-order valence-electron chi connectivity index (χ3n) is 4.00. The van der Waals surface area contributed by atoms with Gasteiger partial charge in [0.1, 0.15) is 0 Å². The number of likely N-dealkylation sites (N-methyl/N-ethyl adjacent to an activating group) is 3. The summed E-state index contributed by atoms with van der Waals surface area (Å²) in [6, 6.07) is 1.89. The van der Waals surface area contributed by atoms with E-state index in [1.54, 1.807) is 0 Å². The lowest BCUT2D eigenvalue weighted by molar-refractivity contribution is 0.0922. The summed E-state index contributed by atoms with van der Waals surface area (Å²) in [5.74, 6) is 0. The standard InChI is InChI=1S/C12H27N3/c1-10(13-3)11(2)15(5)12-7-6-8-14(4)9-12/h10-13H,6-9H2,1-5H3. The average Bonchev–Trinajstić information content (AvgIpc) is 2.26. The van der Waals surface area contributed by atoms with E-state index in [4.69, 9.17) is 0 Å². The number of nitrogens with one attached hydrogen (secondary N) is 1. The Morgan fingerprint density at radius 2 is 2.07 bits per heavy atom. The topological polar surface area (TPSA) is 18.5 Å². The van der Waals surface area contributed by atoms with Crippen LogP contribution in [0.1, 0.15) is 26.7 Å². The number of hydrogen-bond donors (Lipinski definition) is 1. The minimum absolute atomic E-state index is 0.558. The number of nitrogens with zero attached hydrogens (tertiary/aromatic N) is 2. The molecule has 1 rings (SSSR count). The highest BCUT2D eigenvalue weighted by Crippen LogP contribution is 2.16. The average molecular weight is 213 g/mol. The van der Waals surface area contributed by atoms with E-state index in [9.17, 15) is 0 Å². The minimum Gasteiger partial charge on any atom is -0.316 e. The maximum absolute atomic E-state index is 3.34. The van der Waals surface area contributed by atoms with Gasteiger partial charge in [-0.05, 0) is 54.4 Å². The molecule has 0 aromatic rings. The Balaban J connectivity index is 2.47. The Hall–Kier alpha value is -0.120. The van der Waals surface area contributed by atoms with Crippen LogP contribution in [0.4, 0.5) is 0 Å². The molecule has 1 aliphatic heterocycles. The second-order valence-electron chi connectivity index (χ2n) is 5.04. The molecule has 0 amide bonds. The molecule has 0 aromatic heterocycles. The smallest absolute Gasteiger partial charge is 0.0223 e. The second kappa shape index (κ2) is 5.83. The first-order valence-electron chi connectivity index (χ1n) is 6.14. The fraction of sp³-hybridized carbons (Fsp3) is 1.00. The van der Waals surface area contributed by atoms with Gasteiger partial charge in [0.25, 0.3) is 0 Å². The van der Waals surface area contributed by atoms with Crippen molar-refractivity contribution in [1.29, 1.82) is 0 Å². The van der Waals surface area contributed by atoms with Gasteiger partial charge in [0.2, 0.25) is 0 Å². The summed E-state index contributed by atoms with van der Waals surface area (Å²) in [5, 5.41) is 3.34. The molecule has 0 radical (unpaired) electrons. The molecule has 0 aromatic carbocycles. The SMILES string of the molecule is CNC(C)C(C)N(C)C1CCCN(C)C1. The summed E-state index contributed by atoms with van der Waals surface area (Å²) in [6.07, 6.45) is 2.69. The molecule has 0 aliphatic carbocycles. The number of likely N-dealkylation sites (tertiary alicyclic amines) is 1. The molecular formula is C12H27N3. The molecule has 3 unspecified atom stereocenters. The van der Waals surface area contributed by atoms with Crippen molar-refractivity contribution in [2.24, 2.45) is 0 Å². The van der Waals surface area contributed by atoms with E-state index in [2.05, 4.69) is 43.1 Å². The predicted molar refractivity (Wildman–Crippen MR) is 66.3 cm³/mol. The molecule has 3 nitrogen and oxygen atoms in total. The van der Waals surface area contributed by atoms with Gasteiger partial charge in [0.15, 0.2) is 0 Å². The normalized spacial score (nSPS) is 28.0. The van der Waals surface area contributed by atoms with Crippen LogP contribution in [-0.2, 0) is 0 Å². The lowest BCUT2D eigenvalue weighted by Crippen LogP contribution is -2.53. The van der Waals surface area contributed by atoms with Gasteiger partial charge in [-0.25, -0.2) is 0 Å². The fourth-order valence-corrected chi connectivity index (χ4v) is 2.40. The van der Waals surface area contributed by atoms with Gasteiger partial charge < -0.3 is 10.2 Å². The van der Waals surface area contributed by atoms with Crippen LogP contribution in [0, 0.1) is 0 Å². The maximum atomic E-state index is 3.34. The first-order chi connectivity index (χ1) is 7.06. The third-order valence-corrected chi connectivity index (χ3v) is 4.00. The predicted octanol–water partition coefficient (Wildman–Crippen LogP) is 1.01. The summed E-state index contributed by atoms with van der Waals surface area (Å²) in [7, 11) is 6.54. The van der Waals surface area contributed by atoms with Crippen LogP contribution in [-0.4, -0.2) is 62.2 Å². The van der Waals surface area contributed by atoms with Crippen LogP contribution in [0.15, 0.2) is 0 Å². The van der Waals surface area contributed by atoms with E-state index in [0.717, 1.165) is 6.04 Å². The Bertz CT molecular complexity index is 184. The van der Waals surface area contributed by atoms with Crippen molar-refractivity contribution in [3.8, 4) is 0 Å². The van der Waals surface area contributed by atoms with Crippen LogP contribution in [0.3, 0.4) is 0 Å². The lowest BCUT2D eigenvalue weighted by atomic mass is 10.0. The molecule has 1 saturated heterocycles. The first kappa shape index (κ1) is 12.9. The summed E-state index contributed by atoms with van der Waals surface area (Å²) in [4.78, 5) is 4.98. The molecule has 0 spiro atoms. The number of hydrogen-bond acceptors (Lipinski definition) is 3. The molecule has 1 N–H and O–H groups in total. The zero-order chi connectivity index (χ0) is 11.4. The minimum atomic E-state index is 0.558. The molecule has 90 valence electrons. The lowest BCUT2D eigenvalue weighted by Gasteiger charge is -2.40. The highest BCUT2D eigenvalue weighted by atomic mass is 15.2. The van der Waals surface area contributed by atoms with Crippen LogP contribution in [0.2, 0.25) is 0 Å². The van der Waals surface area contributed by atoms with E-state index in [-0.39, 0.29) is 0 Å². The Kier molecular flexibility index (Phi) is 5.03. The van der Waals surface area contributed by atoms with Gasteiger partial charge in [-0.3, -0.25) is 4.90 Å². The van der Waals surface area contributed by atoms with Gasteiger partial charge >= 0.3 is 0 Å². The van der Waals surface area contributed by atoms with Crippen molar-refractivity contribution in [2.75, 3.05) is 34.2 Å². The molecule has 1 heterocycles. The van der Waals surface area contributed by atoms with Crippen LogP contribution >= 0.6 is 0 Å². The summed E-state index contributed by atoms with van der Waals surface area (Å²) in [5.41, 5.74) is 0. The summed E-state index contributed by atoms with van der Waals surface area (Å²) < 4.78 is 0. The Morgan fingerprint density at radius 1 is 1.40 bits per heavy atom. The van der Waals surface area contributed by atoms with E-state index in [0.29, 0.717) is 12.1 Å². The van der Waals surface area contributed by atoms with Crippen molar-refractivity contribution in [3.05, 3.63) is 0 Å². The Labute approximate surface area is 94.8 Å². The first-order valence-corrected chi connectivity index (χ1v) is 6.14. The molecule has 1 aliphatic rings. The van der Waals surface area contributed by atoms with E-state index in [1.807, 2.05) is 7.05 Å². The molecule has 15 heavy (non-hydrogen) atoms. The van der Waals surface area contributed by atoms with Gasteiger partial charge in [0, 0.05) is 24.7 Å². The van der Waals surface area contributed by atoms with Crippen molar-refractivity contribution in [1.82, 2.24) is 15.1 Å². The molecule has 0 saturated carbocycles. The quantitative estimate of drug-likeness (QED) is 0.752. The highest BCUT2D eigenvalue weighted by molar-refractivity contribution is 4.84. The number of rotatable bonds is 4. The zero-order valence-corrected chi connectivity index (χ0v) is 11.0. The second-order valence-corrected chi connectivity index (χ2v) is 5.04. The van der Waals surface area contributed by atoms with Gasteiger partial charge in [-0.2, -0.15) is 0 Å². The van der Waals surface area contributed by atoms with Crippen molar-refractivity contribution in [2.45, 2.75) is 44.8 Å². The fourth-order valence-electron chi connectivity index (χ4n) is 2.40. The maximum Gasteiger partial charge on any atom is 0.0223 e. The molecule has 3 atom stereocenters. The van der Waals surface area contributed by atoms with Crippen molar-refractivity contribution < 1.29 is 0 Å². The Morgan fingerprint density at radius 3 is 2.60 bits per heavy atom.